The average Bonchev–Trinajstić information content (AvgIpc) is 3.19. The van der Waals surface area contributed by atoms with Crippen LogP contribution in [0, 0.1) is 6.92 Å². The van der Waals surface area contributed by atoms with Crippen molar-refractivity contribution in [3.8, 4) is 0 Å². The zero-order chi connectivity index (χ0) is 17.1. The Morgan fingerprint density at radius 2 is 2.29 bits per heavy atom. The van der Waals surface area contributed by atoms with E-state index in [0.717, 1.165) is 11.5 Å². The SMILES string of the molecule is Cc1cn([C@H]2C[C@H](N=[N+]=[N-])[C@@H](COP3SCCS3)O2)c(=O)[nH]c1=O. The summed E-state index contributed by atoms with van der Waals surface area (Å²) in [6, 6.07) is -0.410. The van der Waals surface area contributed by atoms with Crippen molar-refractivity contribution in [1.82, 2.24) is 9.55 Å². The molecule has 2 aliphatic rings. The number of aromatic nitrogens is 2. The summed E-state index contributed by atoms with van der Waals surface area (Å²) in [5.41, 5.74) is 8.22. The molecule has 0 radical (unpaired) electrons. The van der Waals surface area contributed by atoms with Gasteiger partial charge in [0.2, 0.25) is 0 Å². The maximum atomic E-state index is 12.0. The normalized spacial score (nSPS) is 27.3. The van der Waals surface area contributed by atoms with Crippen molar-refractivity contribution < 1.29 is 9.26 Å². The van der Waals surface area contributed by atoms with Gasteiger partial charge in [-0.1, -0.05) is 27.9 Å². The summed E-state index contributed by atoms with van der Waals surface area (Å²) >= 11 is 3.59. The van der Waals surface area contributed by atoms with Crippen molar-refractivity contribution in [2.45, 2.75) is 31.7 Å². The van der Waals surface area contributed by atoms with Crippen molar-refractivity contribution in [2.75, 3.05) is 18.1 Å². The van der Waals surface area contributed by atoms with E-state index in [9.17, 15) is 9.59 Å². The summed E-state index contributed by atoms with van der Waals surface area (Å²) in [6.45, 7) is 1.37. The molecule has 2 aliphatic heterocycles. The fourth-order valence-corrected chi connectivity index (χ4v) is 9.16. The number of H-pyrrole nitrogens is 1. The van der Waals surface area contributed by atoms with Crippen molar-refractivity contribution in [2.24, 2.45) is 5.11 Å². The van der Waals surface area contributed by atoms with E-state index in [2.05, 4.69) is 15.0 Å². The highest BCUT2D eigenvalue weighted by Crippen LogP contribution is 2.66. The van der Waals surface area contributed by atoms with E-state index >= 15 is 0 Å². The van der Waals surface area contributed by atoms with Gasteiger partial charge in [0, 0.05) is 34.6 Å². The number of aromatic amines is 1. The van der Waals surface area contributed by atoms with Gasteiger partial charge in [0.1, 0.15) is 6.23 Å². The molecule has 0 aliphatic carbocycles. The smallest absolute Gasteiger partial charge is 0.330 e. The Kier molecular flexibility index (Phi) is 5.91. The molecule has 3 rings (SSSR count). The fourth-order valence-electron chi connectivity index (χ4n) is 2.49. The zero-order valence-electron chi connectivity index (χ0n) is 12.8. The summed E-state index contributed by atoms with van der Waals surface area (Å²) < 4.78 is 13.1. The van der Waals surface area contributed by atoms with Crippen LogP contribution in [0.3, 0.4) is 0 Å². The molecular formula is C12H16N5O4PS2. The second kappa shape index (κ2) is 7.95. The van der Waals surface area contributed by atoms with Gasteiger partial charge in [-0.25, -0.2) is 4.79 Å². The minimum absolute atomic E-state index is 0.322. The summed E-state index contributed by atoms with van der Waals surface area (Å²) in [7, 11) is 0. The first-order valence-corrected chi connectivity index (χ1v) is 11.7. The Labute approximate surface area is 146 Å². The van der Waals surface area contributed by atoms with Crippen molar-refractivity contribution in [3.05, 3.63) is 43.0 Å². The Balaban J connectivity index is 1.74. The third-order valence-corrected chi connectivity index (χ3v) is 10.4. The predicted molar refractivity (Wildman–Crippen MR) is 95.3 cm³/mol. The van der Waals surface area contributed by atoms with E-state index in [1.54, 1.807) is 29.7 Å². The van der Waals surface area contributed by atoms with Crippen LogP contribution in [-0.4, -0.2) is 39.8 Å². The molecule has 130 valence electrons. The van der Waals surface area contributed by atoms with Crippen molar-refractivity contribution >= 4 is 29.3 Å². The number of hydrogen-bond acceptors (Lipinski definition) is 7. The maximum Gasteiger partial charge on any atom is 0.330 e. The highest BCUT2D eigenvalue weighted by Gasteiger charge is 2.37. The molecule has 3 heterocycles. The highest BCUT2D eigenvalue weighted by molar-refractivity contribution is 8.88. The van der Waals surface area contributed by atoms with E-state index in [0.29, 0.717) is 18.6 Å². The lowest BCUT2D eigenvalue weighted by Crippen LogP contribution is -2.33. The Bertz CT molecular complexity index is 759. The molecule has 24 heavy (non-hydrogen) atoms. The standard InChI is InChI=1S/C12H16N5O4PS2/c1-7-5-17(12(19)14-11(7)18)10-4-8(15-16-13)9(21-10)6-20-22-23-2-3-24-22/h5,8-10H,2-4,6H2,1H3,(H,14,18,19)/t8-,9+,10+/m0/s1. The molecule has 1 N–H and O–H groups in total. The number of rotatable bonds is 5. The summed E-state index contributed by atoms with van der Waals surface area (Å²) in [6.07, 6.45) is 0.833. The number of nitrogens with one attached hydrogen (secondary N) is 1. The van der Waals surface area contributed by atoms with Crippen LogP contribution in [-0.2, 0) is 9.26 Å². The minimum atomic E-state index is -0.589. The average molecular weight is 389 g/mol. The van der Waals surface area contributed by atoms with Crippen LogP contribution < -0.4 is 11.2 Å². The first kappa shape index (κ1) is 17.8. The topological polar surface area (TPSA) is 122 Å². The maximum absolute atomic E-state index is 12.0. The number of azide groups is 1. The summed E-state index contributed by atoms with van der Waals surface area (Å²) in [4.78, 5) is 28.6. The van der Waals surface area contributed by atoms with Crippen LogP contribution in [0.2, 0.25) is 0 Å². The lowest BCUT2D eigenvalue weighted by Gasteiger charge is -2.18. The van der Waals surface area contributed by atoms with Gasteiger partial charge in [0.05, 0.1) is 18.8 Å². The second-order valence-electron chi connectivity index (χ2n) is 5.30. The van der Waals surface area contributed by atoms with Crippen molar-refractivity contribution in [1.29, 1.82) is 0 Å². The Morgan fingerprint density at radius 3 is 3.00 bits per heavy atom. The number of aryl methyl sites for hydroxylation is 1. The molecular weight excluding hydrogens is 373 g/mol. The highest BCUT2D eigenvalue weighted by atomic mass is 33.1. The third-order valence-electron chi connectivity index (χ3n) is 3.68. The zero-order valence-corrected chi connectivity index (χ0v) is 15.4. The minimum Gasteiger partial charge on any atom is -0.352 e. The van der Waals surface area contributed by atoms with Gasteiger partial charge < -0.3 is 9.26 Å². The van der Waals surface area contributed by atoms with Crippen LogP contribution in [0.4, 0.5) is 0 Å². The molecule has 2 fully saturated rings. The lowest BCUT2D eigenvalue weighted by molar-refractivity contribution is -0.0200. The molecule has 12 heteroatoms. The van der Waals surface area contributed by atoms with Gasteiger partial charge in [0.25, 0.3) is 5.56 Å². The van der Waals surface area contributed by atoms with Gasteiger partial charge in [0.15, 0.2) is 6.55 Å². The van der Waals surface area contributed by atoms with Gasteiger partial charge in [-0.3, -0.25) is 14.3 Å². The molecule has 2 saturated heterocycles. The Hall–Kier alpha value is -0.960. The van der Waals surface area contributed by atoms with Gasteiger partial charge in [-0.15, -0.1) is 0 Å². The van der Waals surface area contributed by atoms with E-state index in [4.69, 9.17) is 14.8 Å². The molecule has 0 amide bonds. The van der Waals surface area contributed by atoms with Gasteiger partial charge in [-0.2, -0.15) is 0 Å². The molecule has 0 unspecified atom stereocenters. The molecule has 0 saturated carbocycles. The first-order valence-electron chi connectivity index (χ1n) is 7.29. The van der Waals surface area contributed by atoms with Gasteiger partial charge >= 0.3 is 5.69 Å². The monoisotopic (exact) mass is 389 g/mol. The summed E-state index contributed by atoms with van der Waals surface area (Å²) in [5.74, 6) is 2.16. The quantitative estimate of drug-likeness (QED) is 0.357. The molecule has 1 aromatic heterocycles. The van der Waals surface area contributed by atoms with Crippen LogP contribution in [0.25, 0.3) is 10.4 Å². The molecule has 0 aromatic carbocycles. The Morgan fingerprint density at radius 1 is 1.54 bits per heavy atom. The lowest BCUT2D eigenvalue weighted by atomic mass is 10.1. The van der Waals surface area contributed by atoms with E-state index < -0.39 is 36.2 Å². The second-order valence-corrected chi connectivity index (χ2v) is 11.6. The largest absolute Gasteiger partial charge is 0.352 e. The van der Waals surface area contributed by atoms with E-state index in [1.807, 2.05) is 0 Å². The molecule has 9 nitrogen and oxygen atoms in total. The number of nitrogens with zero attached hydrogens (tertiary/aromatic N) is 4. The number of hydrogen-bond donors (Lipinski definition) is 1. The molecule has 0 spiro atoms. The number of ether oxygens (including phenoxy) is 1. The molecule has 0 bridgehead atoms. The predicted octanol–water partition coefficient (Wildman–Crippen LogP) is 2.53. The van der Waals surface area contributed by atoms with E-state index in [1.165, 1.54) is 10.8 Å². The molecule has 3 atom stereocenters. The van der Waals surface area contributed by atoms with Gasteiger partial charge in [-0.05, 0) is 12.5 Å². The molecule has 1 aromatic rings. The van der Waals surface area contributed by atoms with Crippen molar-refractivity contribution in [3.63, 3.8) is 0 Å². The van der Waals surface area contributed by atoms with Crippen LogP contribution in [0.1, 0.15) is 18.2 Å². The first-order chi connectivity index (χ1) is 11.6. The summed E-state index contributed by atoms with van der Waals surface area (Å²) in [5, 5.41) is 3.78. The van der Waals surface area contributed by atoms with E-state index in [-0.39, 0.29) is 0 Å². The van der Waals surface area contributed by atoms with Crippen LogP contribution in [0.15, 0.2) is 20.9 Å². The fraction of sp³-hybridized carbons (Fsp3) is 0.667. The third kappa shape index (κ3) is 3.99. The van der Waals surface area contributed by atoms with Crippen LogP contribution >= 0.6 is 29.3 Å². The van der Waals surface area contributed by atoms with Crippen LogP contribution in [0.5, 0.6) is 0 Å².